The van der Waals surface area contributed by atoms with E-state index in [9.17, 15) is 19.5 Å². The van der Waals surface area contributed by atoms with Crippen molar-refractivity contribution in [1.82, 2.24) is 14.4 Å². The smallest absolute Gasteiger partial charge is 0.341 e. The Labute approximate surface area is 184 Å². The number of hydrogen-bond donors (Lipinski definition) is 1. The zero-order valence-corrected chi connectivity index (χ0v) is 17.9. The van der Waals surface area contributed by atoms with Crippen LogP contribution in [-0.4, -0.2) is 70.7 Å². The number of aromatic carboxylic acids is 1. The minimum absolute atomic E-state index is 0.0621. The molecule has 0 bridgehead atoms. The van der Waals surface area contributed by atoms with Crippen LogP contribution in [0.25, 0.3) is 10.9 Å². The zero-order chi connectivity index (χ0) is 22.4. The lowest BCUT2D eigenvalue weighted by molar-refractivity contribution is 0.0694. The number of piperidine rings is 1. The molecule has 0 atom stereocenters. The van der Waals surface area contributed by atoms with Crippen LogP contribution < -0.4 is 10.3 Å². The monoisotopic (exact) mass is 442 g/mol. The number of hydrogen-bond acceptors (Lipinski definition) is 4. The van der Waals surface area contributed by atoms with E-state index in [0.717, 1.165) is 38.8 Å². The average molecular weight is 442 g/mol. The van der Waals surface area contributed by atoms with Crippen LogP contribution in [0.2, 0.25) is 0 Å². The third-order valence-electron chi connectivity index (χ3n) is 6.79. The normalized spacial score (nSPS) is 19.5. The molecule has 0 unspecified atom stereocenters. The van der Waals surface area contributed by atoms with Gasteiger partial charge in [0.25, 0.3) is 0 Å². The number of carboxylic acid groups (broad SMARTS) is 1. The molecule has 2 saturated heterocycles. The highest BCUT2D eigenvalue weighted by Crippen LogP contribution is 2.38. The van der Waals surface area contributed by atoms with Gasteiger partial charge in [-0.2, -0.15) is 0 Å². The van der Waals surface area contributed by atoms with Gasteiger partial charge in [-0.25, -0.2) is 14.0 Å². The number of halogens is 1. The number of aromatic nitrogens is 1. The summed E-state index contributed by atoms with van der Waals surface area (Å²) < 4.78 is 16.9. The Bertz CT molecular complexity index is 1130. The fourth-order valence-electron chi connectivity index (χ4n) is 4.83. The highest BCUT2D eigenvalue weighted by Gasteiger charge is 2.30. The Balaban J connectivity index is 1.41. The molecule has 9 heteroatoms. The average Bonchev–Trinajstić information content (AvgIpc) is 3.65. The molecule has 1 saturated carbocycles. The lowest BCUT2D eigenvalue weighted by atomic mass is 10.1. The van der Waals surface area contributed by atoms with Gasteiger partial charge in [0, 0.05) is 56.9 Å². The number of piperazine rings is 1. The molecular weight excluding hydrogens is 415 g/mol. The zero-order valence-electron chi connectivity index (χ0n) is 17.9. The molecule has 1 N–H and O–H groups in total. The van der Waals surface area contributed by atoms with E-state index in [2.05, 4.69) is 0 Å². The minimum atomic E-state index is -1.30. The fourth-order valence-corrected chi connectivity index (χ4v) is 4.83. The number of urea groups is 1. The van der Waals surface area contributed by atoms with Crippen LogP contribution in [0.5, 0.6) is 0 Å². The number of amides is 2. The molecule has 2 aromatic rings. The topological polar surface area (TPSA) is 86.1 Å². The van der Waals surface area contributed by atoms with E-state index in [0.29, 0.717) is 37.4 Å². The first-order valence-electron chi connectivity index (χ1n) is 11.3. The van der Waals surface area contributed by atoms with Crippen LogP contribution in [-0.2, 0) is 0 Å². The Kier molecular flexibility index (Phi) is 5.27. The number of carbonyl (C=O) groups excluding carboxylic acids is 1. The lowest BCUT2D eigenvalue weighted by Gasteiger charge is -2.39. The number of nitrogens with zero attached hydrogens (tertiary/aromatic N) is 4. The van der Waals surface area contributed by atoms with Crippen LogP contribution in [0.4, 0.5) is 14.9 Å². The predicted octanol–water partition coefficient (Wildman–Crippen LogP) is 2.90. The Morgan fingerprint density at radius 1 is 0.938 bits per heavy atom. The van der Waals surface area contributed by atoms with Crippen LogP contribution in [0.3, 0.4) is 0 Å². The van der Waals surface area contributed by atoms with Crippen molar-refractivity contribution in [3.8, 4) is 0 Å². The van der Waals surface area contributed by atoms with Crippen molar-refractivity contribution in [2.24, 2.45) is 0 Å². The molecule has 3 aliphatic rings. The van der Waals surface area contributed by atoms with Gasteiger partial charge >= 0.3 is 12.0 Å². The molecule has 1 aliphatic carbocycles. The quantitative estimate of drug-likeness (QED) is 0.790. The first-order chi connectivity index (χ1) is 15.4. The number of rotatable bonds is 3. The maximum atomic E-state index is 15.1. The molecule has 3 heterocycles. The van der Waals surface area contributed by atoms with E-state index in [1.54, 1.807) is 10.6 Å². The van der Waals surface area contributed by atoms with Crippen LogP contribution in [0.15, 0.2) is 23.1 Å². The number of benzene rings is 1. The summed E-state index contributed by atoms with van der Waals surface area (Å²) in [5.41, 5.74) is -0.0432. The number of fused-ring (bicyclic) bond motifs is 1. The van der Waals surface area contributed by atoms with Crippen LogP contribution in [0, 0.1) is 5.82 Å². The summed E-state index contributed by atoms with van der Waals surface area (Å²) in [6.45, 7) is 3.64. The summed E-state index contributed by atoms with van der Waals surface area (Å²) in [7, 11) is 0. The van der Waals surface area contributed by atoms with Crippen molar-refractivity contribution >= 4 is 28.6 Å². The fraction of sp³-hybridized carbons (Fsp3) is 0.522. The van der Waals surface area contributed by atoms with Crippen molar-refractivity contribution in [3.63, 3.8) is 0 Å². The molecule has 2 amide bonds. The second-order valence-corrected chi connectivity index (χ2v) is 8.94. The third-order valence-corrected chi connectivity index (χ3v) is 6.79. The summed E-state index contributed by atoms with van der Waals surface area (Å²) in [6.07, 6.45) is 6.45. The number of carbonyl (C=O) groups is 2. The van der Waals surface area contributed by atoms with Gasteiger partial charge in [0.1, 0.15) is 11.4 Å². The largest absolute Gasteiger partial charge is 0.477 e. The first kappa shape index (κ1) is 20.8. The van der Waals surface area contributed by atoms with Gasteiger partial charge in [0.15, 0.2) is 0 Å². The standard InChI is InChI=1S/C23H27FN4O4/c24-18-12-16-19(28(15-4-5-15)14-17(21(16)29)22(30)31)13-20(18)25-8-10-27(11-9-25)23(32)26-6-2-1-3-7-26/h12-15H,1-11H2,(H,30,31). The second-order valence-electron chi connectivity index (χ2n) is 8.94. The summed E-state index contributed by atoms with van der Waals surface area (Å²) in [5.74, 6) is -1.85. The van der Waals surface area contributed by atoms with E-state index < -0.39 is 17.2 Å². The molecule has 1 aromatic heterocycles. The highest BCUT2D eigenvalue weighted by atomic mass is 19.1. The molecule has 5 rings (SSSR count). The number of likely N-dealkylation sites (tertiary alicyclic amines) is 1. The third kappa shape index (κ3) is 3.69. The van der Waals surface area contributed by atoms with Gasteiger partial charge in [-0.05, 0) is 44.2 Å². The maximum Gasteiger partial charge on any atom is 0.341 e. The van der Waals surface area contributed by atoms with E-state index in [-0.39, 0.29) is 23.0 Å². The number of carboxylic acids is 1. The lowest BCUT2D eigenvalue weighted by Crippen LogP contribution is -2.53. The van der Waals surface area contributed by atoms with Crippen molar-refractivity contribution < 1.29 is 19.1 Å². The van der Waals surface area contributed by atoms with Gasteiger partial charge in [-0.3, -0.25) is 4.79 Å². The molecule has 8 nitrogen and oxygen atoms in total. The van der Waals surface area contributed by atoms with Crippen LogP contribution >= 0.6 is 0 Å². The molecule has 1 aromatic carbocycles. The number of pyridine rings is 1. The predicted molar refractivity (Wildman–Crippen MR) is 118 cm³/mol. The summed E-state index contributed by atoms with van der Waals surface area (Å²) >= 11 is 0. The highest BCUT2D eigenvalue weighted by molar-refractivity contribution is 5.93. The van der Waals surface area contributed by atoms with E-state index >= 15 is 4.39 Å². The Hall–Kier alpha value is -3.10. The van der Waals surface area contributed by atoms with Crippen molar-refractivity contribution in [3.05, 3.63) is 39.9 Å². The molecular formula is C23H27FN4O4. The van der Waals surface area contributed by atoms with Crippen molar-refractivity contribution in [1.29, 1.82) is 0 Å². The molecule has 32 heavy (non-hydrogen) atoms. The van der Waals surface area contributed by atoms with E-state index in [4.69, 9.17) is 0 Å². The molecule has 0 radical (unpaired) electrons. The molecule has 170 valence electrons. The Morgan fingerprint density at radius 3 is 2.22 bits per heavy atom. The van der Waals surface area contributed by atoms with Gasteiger partial charge in [-0.15, -0.1) is 0 Å². The van der Waals surface area contributed by atoms with E-state index in [1.807, 2.05) is 14.7 Å². The van der Waals surface area contributed by atoms with Crippen molar-refractivity contribution in [2.45, 2.75) is 38.1 Å². The first-order valence-corrected chi connectivity index (χ1v) is 11.3. The van der Waals surface area contributed by atoms with Gasteiger partial charge in [0.2, 0.25) is 5.43 Å². The van der Waals surface area contributed by atoms with Gasteiger partial charge < -0.3 is 24.4 Å². The molecule has 3 fully saturated rings. The van der Waals surface area contributed by atoms with Crippen LogP contribution in [0.1, 0.15) is 48.5 Å². The molecule has 0 spiro atoms. The summed E-state index contributed by atoms with van der Waals surface area (Å²) in [5, 5.41) is 9.49. The van der Waals surface area contributed by atoms with E-state index in [1.165, 1.54) is 18.7 Å². The summed E-state index contributed by atoms with van der Waals surface area (Å²) in [6, 6.07) is 3.03. The Morgan fingerprint density at radius 2 is 1.59 bits per heavy atom. The summed E-state index contributed by atoms with van der Waals surface area (Å²) in [4.78, 5) is 42.6. The van der Waals surface area contributed by atoms with Gasteiger partial charge in [0.05, 0.1) is 11.2 Å². The second kappa shape index (κ2) is 8.11. The maximum absolute atomic E-state index is 15.1. The SMILES string of the molecule is O=C(O)c1cn(C2CC2)c2cc(N3CCN(C(=O)N4CCCCC4)CC3)c(F)cc2c1=O. The molecule has 2 aliphatic heterocycles. The van der Waals surface area contributed by atoms with Crippen molar-refractivity contribution in [2.75, 3.05) is 44.2 Å². The van der Waals surface area contributed by atoms with Gasteiger partial charge in [-0.1, -0.05) is 0 Å². The number of anilines is 1. The minimum Gasteiger partial charge on any atom is -0.477 e.